The molecule has 0 fully saturated rings. The molecule has 0 aliphatic carbocycles. The number of methoxy groups -OCH3 is 1. The molecule has 2 aromatic heterocycles. The number of thiazole rings is 1. The Balaban J connectivity index is 2.15. The molecule has 0 saturated carbocycles. The van der Waals surface area contributed by atoms with Crippen molar-refractivity contribution in [2.75, 3.05) is 7.11 Å². The van der Waals surface area contributed by atoms with Gasteiger partial charge in [-0.25, -0.2) is 0 Å². The van der Waals surface area contributed by atoms with Crippen molar-refractivity contribution in [3.05, 3.63) is 46.1 Å². The summed E-state index contributed by atoms with van der Waals surface area (Å²) in [6.45, 7) is 5.90. The van der Waals surface area contributed by atoms with Gasteiger partial charge in [0.2, 0.25) is 0 Å². The first-order valence-corrected chi connectivity index (χ1v) is 8.93. The maximum atomic E-state index is 12.4. The van der Waals surface area contributed by atoms with E-state index in [4.69, 9.17) is 9.26 Å². The Hall–Kier alpha value is -2.74. The van der Waals surface area contributed by atoms with Crippen LogP contribution in [0.5, 0.6) is 0 Å². The highest BCUT2D eigenvalue weighted by atomic mass is 32.1. The molecule has 0 saturated heterocycles. The number of hydrogen-bond acceptors (Lipinski definition) is 6. The molecule has 1 amide bonds. The van der Waals surface area contributed by atoms with E-state index in [1.807, 2.05) is 12.1 Å². The van der Waals surface area contributed by atoms with Crippen molar-refractivity contribution in [2.24, 2.45) is 4.99 Å². The number of esters is 1. The summed E-state index contributed by atoms with van der Waals surface area (Å²) < 4.78 is 12.3. The third-order valence-electron chi connectivity index (χ3n) is 3.93. The van der Waals surface area contributed by atoms with Gasteiger partial charge in [-0.05, 0) is 30.5 Å². The summed E-state index contributed by atoms with van der Waals surface area (Å²) in [6, 6.07) is 7.54. The Morgan fingerprint density at radius 2 is 2.12 bits per heavy atom. The van der Waals surface area contributed by atoms with E-state index in [-0.39, 0.29) is 12.2 Å². The van der Waals surface area contributed by atoms with Crippen LogP contribution in [0.25, 0.3) is 10.2 Å². The summed E-state index contributed by atoms with van der Waals surface area (Å²) in [4.78, 5) is 28.8. The second-order valence-electron chi connectivity index (χ2n) is 6.17. The Morgan fingerprint density at radius 3 is 2.73 bits per heavy atom. The van der Waals surface area contributed by atoms with Gasteiger partial charge in [-0.15, -0.1) is 0 Å². The number of carbonyl (C=O) groups excluding carboxylic acids is 2. The van der Waals surface area contributed by atoms with Crippen LogP contribution >= 0.6 is 11.3 Å². The number of benzene rings is 1. The molecule has 3 rings (SSSR count). The molecule has 8 heteroatoms. The van der Waals surface area contributed by atoms with Crippen LogP contribution in [0.1, 0.15) is 41.6 Å². The van der Waals surface area contributed by atoms with Crippen molar-refractivity contribution < 1.29 is 18.8 Å². The maximum Gasteiger partial charge on any atom is 0.325 e. The molecule has 0 radical (unpaired) electrons. The van der Waals surface area contributed by atoms with Gasteiger partial charge in [-0.1, -0.05) is 36.4 Å². The van der Waals surface area contributed by atoms with E-state index >= 15 is 0 Å². The van der Waals surface area contributed by atoms with Crippen molar-refractivity contribution in [1.29, 1.82) is 0 Å². The quantitative estimate of drug-likeness (QED) is 0.656. The van der Waals surface area contributed by atoms with Crippen LogP contribution in [-0.2, 0) is 16.1 Å². The minimum atomic E-state index is -0.517. The zero-order valence-electron chi connectivity index (χ0n) is 15.0. The van der Waals surface area contributed by atoms with Crippen LogP contribution in [0.4, 0.5) is 0 Å². The van der Waals surface area contributed by atoms with Crippen molar-refractivity contribution in [2.45, 2.75) is 33.2 Å². The van der Waals surface area contributed by atoms with Crippen molar-refractivity contribution in [3.63, 3.8) is 0 Å². The molecule has 26 heavy (non-hydrogen) atoms. The maximum absolute atomic E-state index is 12.4. The second-order valence-corrected chi connectivity index (χ2v) is 7.18. The normalized spacial score (nSPS) is 12.1. The molecular weight excluding hydrogens is 354 g/mol. The van der Waals surface area contributed by atoms with E-state index in [1.165, 1.54) is 30.1 Å². The standard InChI is InChI=1S/C18H19N3O4S/c1-10(2)12-5-6-14-15(8-12)26-18(21(14)9-16(22)24-4)19-17(23)13-7-11(3)25-20-13/h5-8,10H,9H2,1-4H3. The van der Waals surface area contributed by atoms with Crippen molar-refractivity contribution >= 4 is 33.4 Å². The molecule has 0 aliphatic rings. The van der Waals surface area contributed by atoms with Crippen LogP contribution in [0.3, 0.4) is 0 Å². The number of aromatic nitrogens is 2. The predicted molar refractivity (Wildman–Crippen MR) is 97.1 cm³/mol. The smallest absolute Gasteiger partial charge is 0.325 e. The second kappa shape index (κ2) is 7.25. The zero-order valence-corrected chi connectivity index (χ0v) is 15.8. The first-order valence-electron chi connectivity index (χ1n) is 8.11. The van der Waals surface area contributed by atoms with E-state index in [0.717, 1.165) is 10.2 Å². The fourth-order valence-electron chi connectivity index (χ4n) is 2.49. The fraction of sp³-hybridized carbons (Fsp3) is 0.333. The summed E-state index contributed by atoms with van der Waals surface area (Å²) in [5.41, 5.74) is 2.13. The summed E-state index contributed by atoms with van der Waals surface area (Å²) in [5, 5.41) is 3.70. The molecule has 0 atom stereocenters. The van der Waals surface area contributed by atoms with Gasteiger partial charge in [0.05, 0.1) is 17.3 Å². The van der Waals surface area contributed by atoms with Crippen LogP contribution in [0.15, 0.2) is 33.8 Å². The van der Waals surface area contributed by atoms with Gasteiger partial charge in [0.25, 0.3) is 0 Å². The fourth-order valence-corrected chi connectivity index (χ4v) is 3.57. The van der Waals surface area contributed by atoms with E-state index in [0.29, 0.717) is 16.5 Å². The summed E-state index contributed by atoms with van der Waals surface area (Å²) in [7, 11) is 1.33. The summed E-state index contributed by atoms with van der Waals surface area (Å²) >= 11 is 1.35. The number of amides is 1. The molecule has 2 heterocycles. The Morgan fingerprint density at radius 1 is 1.35 bits per heavy atom. The number of carbonyl (C=O) groups is 2. The molecular formula is C18H19N3O4S. The molecule has 0 bridgehead atoms. The lowest BCUT2D eigenvalue weighted by Gasteiger charge is -2.06. The minimum absolute atomic E-state index is 0.0263. The van der Waals surface area contributed by atoms with Gasteiger partial charge < -0.3 is 13.8 Å². The highest BCUT2D eigenvalue weighted by Gasteiger charge is 2.15. The highest BCUT2D eigenvalue weighted by molar-refractivity contribution is 7.16. The van der Waals surface area contributed by atoms with E-state index in [2.05, 4.69) is 30.1 Å². The van der Waals surface area contributed by atoms with Crippen LogP contribution in [-0.4, -0.2) is 28.7 Å². The lowest BCUT2D eigenvalue weighted by Crippen LogP contribution is -2.22. The molecule has 7 nitrogen and oxygen atoms in total. The van der Waals surface area contributed by atoms with Crippen LogP contribution in [0.2, 0.25) is 0 Å². The van der Waals surface area contributed by atoms with E-state index in [9.17, 15) is 9.59 Å². The molecule has 0 N–H and O–H groups in total. The van der Waals surface area contributed by atoms with Gasteiger partial charge >= 0.3 is 11.9 Å². The first-order chi connectivity index (χ1) is 12.4. The third kappa shape index (κ3) is 3.60. The average Bonchev–Trinajstić information content (AvgIpc) is 3.18. The average molecular weight is 373 g/mol. The van der Waals surface area contributed by atoms with Crippen LogP contribution in [0, 0.1) is 6.92 Å². The number of nitrogens with zero attached hydrogens (tertiary/aromatic N) is 3. The lowest BCUT2D eigenvalue weighted by molar-refractivity contribution is -0.141. The third-order valence-corrected chi connectivity index (χ3v) is 4.97. The SMILES string of the molecule is COC(=O)Cn1c(=NC(=O)c2cc(C)on2)sc2cc(C(C)C)ccc21. The Labute approximate surface area is 153 Å². The van der Waals surface area contributed by atoms with E-state index < -0.39 is 11.9 Å². The number of hydrogen-bond donors (Lipinski definition) is 0. The molecule has 0 unspecified atom stereocenters. The largest absolute Gasteiger partial charge is 0.468 e. The van der Waals surface area contributed by atoms with Gasteiger partial charge in [0.1, 0.15) is 12.3 Å². The molecule has 136 valence electrons. The van der Waals surface area contributed by atoms with Crippen LogP contribution < -0.4 is 4.80 Å². The number of ether oxygens (including phenoxy) is 1. The molecule has 3 aromatic rings. The topological polar surface area (TPSA) is 86.7 Å². The lowest BCUT2D eigenvalue weighted by atomic mass is 10.0. The van der Waals surface area contributed by atoms with Crippen molar-refractivity contribution in [3.8, 4) is 0 Å². The first kappa shape index (κ1) is 18.1. The van der Waals surface area contributed by atoms with E-state index in [1.54, 1.807) is 11.5 Å². The zero-order chi connectivity index (χ0) is 18.8. The summed E-state index contributed by atoms with van der Waals surface area (Å²) in [6.07, 6.45) is 0. The highest BCUT2D eigenvalue weighted by Crippen LogP contribution is 2.23. The van der Waals surface area contributed by atoms with Crippen molar-refractivity contribution in [1.82, 2.24) is 9.72 Å². The summed E-state index contributed by atoms with van der Waals surface area (Å²) in [5.74, 6) is -0.0282. The number of rotatable bonds is 4. The Bertz CT molecular complexity index is 1040. The van der Waals surface area contributed by atoms with Gasteiger partial charge in [0, 0.05) is 6.07 Å². The molecule has 1 aromatic carbocycles. The van der Waals surface area contributed by atoms with Gasteiger partial charge in [-0.3, -0.25) is 9.59 Å². The molecule has 0 aliphatic heterocycles. The molecule has 0 spiro atoms. The Kier molecular flexibility index (Phi) is 5.03. The number of fused-ring (bicyclic) bond motifs is 1. The minimum Gasteiger partial charge on any atom is -0.468 e. The monoisotopic (exact) mass is 373 g/mol. The predicted octanol–water partition coefficient (Wildman–Crippen LogP) is 3.04. The van der Waals surface area contributed by atoms with Gasteiger partial charge in [0.15, 0.2) is 10.5 Å². The van der Waals surface area contributed by atoms with Gasteiger partial charge in [-0.2, -0.15) is 4.99 Å². The number of aryl methyl sites for hydroxylation is 1.